The van der Waals surface area contributed by atoms with Crippen LogP contribution in [-0.2, 0) is 14.3 Å². The highest BCUT2D eigenvalue weighted by Crippen LogP contribution is 2.44. The van der Waals surface area contributed by atoms with Gasteiger partial charge in [-0.05, 0) is 36.7 Å². The fraction of sp³-hybridized carbons (Fsp3) is 0.500. The second-order valence-corrected chi connectivity index (χ2v) is 8.25. The molecule has 0 atom stereocenters. The van der Waals surface area contributed by atoms with E-state index in [1.807, 2.05) is 0 Å². The normalized spacial score (nSPS) is 14.4. The molecule has 1 aromatic rings. The monoisotopic (exact) mass is 436 g/mol. The Labute approximate surface area is 171 Å². The number of hydrogen-bond donors (Lipinski definition) is 1. The minimum Gasteiger partial charge on any atom is -0.473 e. The minimum atomic E-state index is -1.85. The molecule has 0 unspecified atom stereocenters. The third kappa shape index (κ3) is 5.06. The van der Waals surface area contributed by atoms with E-state index in [-0.39, 0.29) is 32.7 Å². The molecule has 6 nitrogen and oxygen atoms in total. The highest BCUT2D eigenvalue weighted by molar-refractivity contribution is 6.46. The van der Waals surface area contributed by atoms with Crippen LogP contribution in [0.5, 0.6) is 5.75 Å². The maximum atomic E-state index is 12.5. The van der Waals surface area contributed by atoms with Gasteiger partial charge in [-0.1, -0.05) is 55.1 Å². The molecule has 1 saturated carbocycles. The molecular formula is C18H19Cl3O6. The van der Waals surface area contributed by atoms with E-state index in [4.69, 9.17) is 49.4 Å². The maximum Gasteiger partial charge on any atom is 0.422 e. The van der Waals surface area contributed by atoms with Crippen LogP contribution in [0.15, 0.2) is 6.07 Å². The second-order valence-electron chi connectivity index (χ2n) is 7.06. The number of carbonyl (C=O) groups is 3. The summed E-state index contributed by atoms with van der Waals surface area (Å²) in [7, 11) is 0. The van der Waals surface area contributed by atoms with Gasteiger partial charge in [0.25, 0.3) is 0 Å². The molecule has 0 saturated heterocycles. The molecule has 2 rings (SSSR count). The quantitative estimate of drug-likeness (QED) is 0.291. The molecule has 0 aliphatic heterocycles. The Bertz CT molecular complexity index is 771. The van der Waals surface area contributed by atoms with Crippen LogP contribution in [0.1, 0.15) is 49.9 Å². The molecule has 0 bridgehead atoms. The number of halogens is 3. The SMILES string of the molecule is CC(C)(CCOC(=O)c1c(Cl)c(Cl)cc(Cl)c1OC(=O)C(=O)O)C1CCC1. The first-order valence-corrected chi connectivity index (χ1v) is 9.47. The van der Waals surface area contributed by atoms with Gasteiger partial charge in [0, 0.05) is 0 Å². The van der Waals surface area contributed by atoms with Crippen molar-refractivity contribution in [3.05, 3.63) is 26.7 Å². The molecule has 1 aromatic carbocycles. The van der Waals surface area contributed by atoms with Crippen molar-refractivity contribution in [1.82, 2.24) is 0 Å². The lowest BCUT2D eigenvalue weighted by Crippen LogP contribution is -2.31. The number of carbonyl (C=O) groups excluding carboxylic acids is 2. The van der Waals surface area contributed by atoms with Crippen LogP contribution in [0, 0.1) is 11.3 Å². The Morgan fingerprint density at radius 1 is 1.19 bits per heavy atom. The molecule has 1 fully saturated rings. The van der Waals surface area contributed by atoms with Gasteiger partial charge in [-0.2, -0.15) is 0 Å². The number of carboxylic acids is 1. The minimum absolute atomic E-state index is 0.0207. The second kappa shape index (κ2) is 8.67. The van der Waals surface area contributed by atoms with E-state index in [1.165, 1.54) is 6.42 Å². The molecule has 0 amide bonds. The zero-order chi connectivity index (χ0) is 20.4. The highest BCUT2D eigenvalue weighted by atomic mass is 35.5. The number of ether oxygens (including phenoxy) is 2. The summed E-state index contributed by atoms with van der Waals surface area (Å²) in [6, 6.07) is 1.15. The number of benzene rings is 1. The molecule has 0 heterocycles. The zero-order valence-electron chi connectivity index (χ0n) is 14.8. The molecule has 1 aliphatic rings. The largest absolute Gasteiger partial charge is 0.473 e. The Morgan fingerprint density at radius 3 is 2.33 bits per heavy atom. The smallest absolute Gasteiger partial charge is 0.422 e. The first-order valence-electron chi connectivity index (χ1n) is 8.34. The van der Waals surface area contributed by atoms with Crippen molar-refractivity contribution in [3.8, 4) is 5.75 Å². The van der Waals surface area contributed by atoms with Crippen molar-refractivity contribution < 1.29 is 29.0 Å². The van der Waals surface area contributed by atoms with Gasteiger partial charge in [-0.3, -0.25) is 0 Å². The summed E-state index contributed by atoms with van der Waals surface area (Å²) in [6.45, 7) is 4.36. The lowest BCUT2D eigenvalue weighted by molar-refractivity contribution is -0.158. The van der Waals surface area contributed by atoms with Crippen molar-refractivity contribution in [2.75, 3.05) is 6.61 Å². The lowest BCUT2D eigenvalue weighted by atomic mass is 9.66. The van der Waals surface area contributed by atoms with Gasteiger partial charge >= 0.3 is 17.9 Å². The van der Waals surface area contributed by atoms with Gasteiger partial charge in [-0.25, -0.2) is 14.4 Å². The Morgan fingerprint density at radius 2 is 1.81 bits per heavy atom. The molecule has 0 spiro atoms. The third-order valence-electron chi connectivity index (χ3n) is 4.89. The third-order valence-corrected chi connectivity index (χ3v) is 5.96. The maximum absolute atomic E-state index is 12.5. The van der Waals surface area contributed by atoms with Gasteiger partial charge in [0.15, 0.2) is 5.75 Å². The fourth-order valence-corrected chi connectivity index (χ4v) is 3.59. The number of carboxylic acid groups (broad SMARTS) is 1. The number of hydrogen-bond acceptors (Lipinski definition) is 5. The van der Waals surface area contributed by atoms with Crippen LogP contribution in [0.3, 0.4) is 0 Å². The average Bonchev–Trinajstić information content (AvgIpc) is 2.49. The first kappa shape index (κ1) is 21.8. The van der Waals surface area contributed by atoms with Crippen molar-refractivity contribution in [3.63, 3.8) is 0 Å². The van der Waals surface area contributed by atoms with Crippen LogP contribution >= 0.6 is 34.8 Å². The van der Waals surface area contributed by atoms with Gasteiger partial charge in [0.2, 0.25) is 0 Å². The number of aliphatic carboxylic acids is 1. The highest BCUT2D eigenvalue weighted by Gasteiger charge is 2.34. The van der Waals surface area contributed by atoms with Crippen molar-refractivity contribution in [1.29, 1.82) is 0 Å². The summed E-state index contributed by atoms with van der Waals surface area (Å²) in [5.41, 5.74) is -0.363. The summed E-state index contributed by atoms with van der Waals surface area (Å²) in [5, 5.41) is 8.18. The lowest BCUT2D eigenvalue weighted by Gasteiger charge is -2.40. The van der Waals surface area contributed by atoms with Crippen LogP contribution < -0.4 is 4.74 Å². The molecule has 1 N–H and O–H groups in total. The van der Waals surface area contributed by atoms with Crippen molar-refractivity contribution in [2.24, 2.45) is 11.3 Å². The van der Waals surface area contributed by atoms with Crippen molar-refractivity contribution >= 4 is 52.7 Å². The van der Waals surface area contributed by atoms with E-state index in [2.05, 4.69) is 13.8 Å². The predicted octanol–water partition coefficient (Wildman–Crippen LogP) is 5.01. The predicted molar refractivity (Wildman–Crippen MR) is 101 cm³/mol. The standard InChI is InChI=1S/C18H19Cl3O6/c1-18(2,9-4-3-5-9)6-7-26-16(24)12-13(21)10(19)8-11(20)14(12)27-17(25)15(22)23/h8-9H,3-7H2,1-2H3,(H,22,23). The molecule has 27 heavy (non-hydrogen) atoms. The molecular weight excluding hydrogens is 419 g/mol. The molecule has 0 aromatic heterocycles. The van der Waals surface area contributed by atoms with E-state index in [0.29, 0.717) is 12.3 Å². The molecule has 0 radical (unpaired) electrons. The Balaban J connectivity index is 2.18. The fourth-order valence-electron chi connectivity index (χ4n) is 2.87. The van der Waals surface area contributed by atoms with Gasteiger partial charge in [0.1, 0.15) is 5.56 Å². The van der Waals surface area contributed by atoms with E-state index in [1.54, 1.807) is 0 Å². The van der Waals surface area contributed by atoms with E-state index < -0.39 is 23.7 Å². The topological polar surface area (TPSA) is 89.9 Å². The summed E-state index contributed by atoms with van der Waals surface area (Å²) in [5.74, 6) is -4.27. The Kier molecular flexibility index (Phi) is 7.00. The van der Waals surface area contributed by atoms with E-state index in [9.17, 15) is 14.4 Å². The van der Waals surface area contributed by atoms with Gasteiger partial charge in [-0.15, -0.1) is 0 Å². The van der Waals surface area contributed by atoms with Gasteiger partial charge in [0.05, 0.1) is 21.7 Å². The number of esters is 2. The Hall–Kier alpha value is -1.50. The zero-order valence-corrected chi connectivity index (χ0v) is 17.1. The van der Waals surface area contributed by atoms with Crippen LogP contribution in [0.25, 0.3) is 0 Å². The van der Waals surface area contributed by atoms with Crippen LogP contribution in [0.4, 0.5) is 0 Å². The van der Waals surface area contributed by atoms with E-state index >= 15 is 0 Å². The summed E-state index contributed by atoms with van der Waals surface area (Å²) in [4.78, 5) is 34.6. The molecule has 148 valence electrons. The molecule has 1 aliphatic carbocycles. The van der Waals surface area contributed by atoms with Crippen LogP contribution in [-0.4, -0.2) is 29.6 Å². The average molecular weight is 438 g/mol. The van der Waals surface area contributed by atoms with Gasteiger partial charge < -0.3 is 14.6 Å². The first-order chi connectivity index (χ1) is 12.5. The number of rotatable bonds is 6. The summed E-state index contributed by atoms with van der Waals surface area (Å²) < 4.78 is 9.97. The summed E-state index contributed by atoms with van der Waals surface area (Å²) >= 11 is 17.9. The van der Waals surface area contributed by atoms with E-state index in [0.717, 1.165) is 18.9 Å². The van der Waals surface area contributed by atoms with Crippen LogP contribution in [0.2, 0.25) is 15.1 Å². The molecule has 9 heteroatoms. The summed E-state index contributed by atoms with van der Waals surface area (Å²) in [6.07, 6.45) is 4.17. The van der Waals surface area contributed by atoms with Crippen molar-refractivity contribution in [2.45, 2.75) is 39.5 Å².